The molecule has 1 aromatic rings. The minimum Gasteiger partial charge on any atom is -0.495 e. The topological polar surface area (TPSA) is 44.5 Å². The van der Waals surface area contributed by atoms with Gasteiger partial charge in [0.2, 0.25) is 0 Å². The Morgan fingerprint density at radius 3 is 2.84 bits per heavy atom. The van der Waals surface area contributed by atoms with Crippen LogP contribution in [-0.4, -0.2) is 13.2 Å². The van der Waals surface area contributed by atoms with E-state index in [0.29, 0.717) is 18.4 Å². The van der Waals surface area contributed by atoms with Crippen LogP contribution in [0.5, 0.6) is 5.75 Å². The molecule has 0 aliphatic heterocycles. The molecule has 1 aliphatic carbocycles. The van der Waals surface area contributed by atoms with E-state index in [1.807, 2.05) is 18.2 Å². The van der Waals surface area contributed by atoms with E-state index in [-0.39, 0.29) is 0 Å². The minimum absolute atomic E-state index is 0.419. The molecule has 1 fully saturated rings. The lowest BCUT2D eigenvalue weighted by Gasteiger charge is -2.28. The molecule has 2 atom stereocenters. The monoisotopic (exact) mass is 263 g/mol. The summed E-state index contributed by atoms with van der Waals surface area (Å²) in [6.07, 6.45) is 6.77. The fourth-order valence-corrected chi connectivity index (χ4v) is 2.85. The number of benzene rings is 1. The summed E-state index contributed by atoms with van der Waals surface area (Å²) in [6.45, 7) is 2.92. The van der Waals surface area contributed by atoms with Gasteiger partial charge >= 0.3 is 0 Å². The largest absolute Gasteiger partial charge is 0.495 e. The first-order valence-electron chi connectivity index (χ1n) is 7.27. The highest BCUT2D eigenvalue weighted by molar-refractivity contribution is 5.54. The molecule has 2 unspecified atom stereocenters. The van der Waals surface area contributed by atoms with E-state index in [9.17, 15) is 0 Å². The lowest BCUT2D eigenvalue weighted by molar-refractivity contribution is 0.00178. The van der Waals surface area contributed by atoms with Crippen LogP contribution in [0.1, 0.15) is 44.6 Å². The van der Waals surface area contributed by atoms with Gasteiger partial charge in [0.05, 0.1) is 25.5 Å². The van der Waals surface area contributed by atoms with Crippen LogP contribution in [0.2, 0.25) is 0 Å². The van der Waals surface area contributed by atoms with Crippen LogP contribution in [0, 0.1) is 5.92 Å². The fourth-order valence-electron chi connectivity index (χ4n) is 2.85. The molecule has 1 aliphatic rings. The molecule has 2 N–H and O–H groups in total. The number of nitrogens with two attached hydrogens (primary N) is 1. The summed E-state index contributed by atoms with van der Waals surface area (Å²) in [5.74, 6) is 1.58. The Kier molecular flexibility index (Phi) is 5.08. The molecule has 3 nitrogen and oxygen atoms in total. The molecule has 0 aromatic heterocycles. The van der Waals surface area contributed by atoms with Crippen LogP contribution in [0.4, 0.5) is 5.69 Å². The summed E-state index contributed by atoms with van der Waals surface area (Å²) in [4.78, 5) is 0. The van der Waals surface area contributed by atoms with Crippen LogP contribution in [0.25, 0.3) is 0 Å². The number of methoxy groups -OCH3 is 1. The zero-order valence-electron chi connectivity index (χ0n) is 12.0. The summed E-state index contributed by atoms with van der Waals surface area (Å²) in [5.41, 5.74) is 7.71. The molecule has 106 valence electrons. The van der Waals surface area contributed by atoms with Crippen molar-refractivity contribution >= 4 is 5.69 Å². The Hall–Kier alpha value is -1.22. The van der Waals surface area contributed by atoms with Crippen molar-refractivity contribution in [3.05, 3.63) is 23.8 Å². The van der Waals surface area contributed by atoms with Crippen molar-refractivity contribution in [1.82, 2.24) is 0 Å². The van der Waals surface area contributed by atoms with Gasteiger partial charge < -0.3 is 15.2 Å². The molecule has 2 rings (SSSR count). The highest BCUT2D eigenvalue weighted by atomic mass is 16.5. The number of ether oxygens (including phenoxy) is 2. The van der Waals surface area contributed by atoms with Gasteiger partial charge in [-0.2, -0.15) is 0 Å². The third-order valence-corrected chi connectivity index (χ3v) is 4.09. The minimum atomic E-state index is 0.419. The predicted molar refractivity (Wildman–Crippen MR) is 78.2 cm³/mol. The molecule has 0 bridgehead atoms. The first kappa shape index (κ1) is 14.2. The van der Waals surface area contributed by atoms with Gasteiger partial charge in [-0.1, -0.05) is 32.3 Å². The van der Waals surface area contributed by atoms with E-state index in [1.165, 1.54) is 32.1 Å². The highest BCUT2D eigenvalue weighted by Gasteiger charge is 2.21. The molecule has 19 heavy (non-hydrogen) atoms. The van der Waals surface area contributed by atoms with Crippen molar-refractivity contribution in [2.45, 2.75) is 51.7 Å². The maximum atomic E-state index is 6.03. The van der Waals surface area contributed by atoms with Gasteiger partial charge in [-0.15, -0.1) is 0 Å². The Morgan fingerprint density at radius 1 is 1.32 bits per heavy atom. The second kappa shape index (κ2) is 6.80. The summed E-state index contributed by atoms with van der Waals surface area (Å²) in [5, 5.41) is 0. The number of hydrogen-bond acceptors (Lipinski definition) is 3. The van der Waals surface area contributed by atoms with Crippen molar-refractivity contribution in [2.75, 3.05) is 12.8 Å². The molecule has 0 spiro atoms. The number of nitrogen functional groups attached to an aromatic ring is 1. The third kappa shape index (κ3) is 3.87. The zero-order valence-corrected chi connectivity index (χ0v) is 12.0. The summed E-state index contributed by atoms with van der Waals surface area (Å²) < 4.78 is 11.2. The molecule has 0 radical (unpaired) electrons. The van der Waals surface area contributed by atoms with Crippen molar-refractivity contribution in [3.8, 4) is 5.75 Å². The van der Waals surface area contributed by atoms with Crippen LogP contribution in [0.3, 0.4) is 0 Å². The van der Waals surface area contributed by atoms with E-state index < -0.39 is 0 Å². The van der Waals surface area contributed by atoms with E-state index in [1.54, 1.807) is 7.11 Å². The van der Waals surface area contributed by atoms with Crippen LogP contribution >= 0.6 is 0 Å². The second-order valence-electron chi connectivity index (χ2n) is 5.45. The van der Waals surface area contributed by atoms with Gasteiger partial charge in [-0.25, -0.2) is 0 Å². The lowest BCUT2D eigenvalue weighted by Crippen LogP contribution is -2.22. The Labute approximate surface area is 116 Å². The summed E-state index contributed by atoms with van der Waals surface area (Å²) in [7, 11) is 1.63. The zero-order chi connectivity index (χ0) is 13.7. The maximum Gasteiger partial charge on any atom is 0.141 e. The van der Waals surface area contributed by atoms with Crippen molar-refractivity contribution in [2.24, 2.45) is 5.92 Å². The fraction of sp³-hybridized carbons (Fsp3) is 0.625. The van der Waals surface area contributed by atoms with Crippen LogP contribution in [-0.2, 0) is 11.3 Å². The molecule has 3 heteroatoms. The molecule has 0 saturated heterocycles. The third-order valence-electron chi connectivity index (χ3n) is 4.09. The van der Waals surface area contributed by atoms with E-state index in [2.05, 4.69) is 6.92 Å². The average Bonchev–Trinajstić information content (AvgIpc) is 2.45. The van der Waals surface area contributed by atoms with Gasteiger partial charge in [0.1, 0.15) is 5.75 Å². The van der Waals surface area contributed by atoms with Crippen molar-refractivity contribution < 1.29 is 9.47 Å². The van der Waals surface area contributed by atoms with Crippen LogP contribution in [0.15, 0.2) is 18.2 Å². The van der Waals surface area contributed by atoms with Gasteiger partial charge in [0.25, 0.3) is 0 Å². The first-order chi connectivity index (χ1) is 9.22. The lowest BCUT2D eigenvalue weighted by atomic mass is 9.85. The second-order valence-corrected chi connectivity index (χ2v) is 5.45. The smallest absolute Gasteiger partial charge is 0.141 e. The molecule has 0 amide bonds. The number of rotatable bonds is 5. The summed E-state index contributed by atoms with van der Waals surface area (Å²) >= 11 is 0. The average molecular weight is 263 g/mol. The first-order valence-corrected chi connectivity index (χ1v) is 7.27. The van der Waals surface area contributed by atoms with Crippen LogP contribution < -0.4 is 10.5 Å². The molecule has 1 aromatic carbocycles. The SMILES string of the molecule is CCC1CCCC(OCc2ccc(OC)c(N)c2)C1. The maximum absolute atomic E-state index is 6.03. The van der Waals surface area contributed by atoms with E-state index >= 15 is 0 Å². The standard InChI is InChI=1S/C16H25NO2/c1-3-12-5-4-6-14(9-12)19-11-13-7-8-16(18-2)15(17)10-13/h7-8,10,12,14H,3-6,9,11,17H2,1-2H3. The summed E-state index contributed by atoms with van der Waals surface area (Å²) in [6, 6.07) is 5.87. The van der Waals surface area contributed by atoms with Gasteiger partial charge in [0, 0.05) is 0 Å². The van der Waals surface area contributed by atoms with E-state index in [4.69, 9.17) is 15.2 Å². The predicted octanol–water partition coefficient (Wildman–Crippen LogP) is 3.76. The highest BCUT2D eigenvalue weighted by Crippen LogP contribution is 2.29. The van der Waals surface area contributed by atoms with Crippen molar-refractivity contribution in [3.63, 3.8) is 0 Å². The van der Waals surface area contributed by atoms with Gasteiger partial charge in [-0.3, -0.25) is 0 Å². The molecular formula is C16H25NO2. The molecular weight excluding hydrogens is 238 g/mol. The van der Waals surface area contributed by atoms with Gasteiger partial charge in [0.15, 0.2) is 0 Å². The van der Waals surface area contributed by atoms with Gasteiger partial charge in [-0.05, 0) is 36.5 Å². The van der Waals surface area contributed by atoms with E-state index in [0.717, 1.165) is 17.2 Å². The molecule has 1 saturated carbocycles. The number of anilines is 1. The quantitative estimate of drug-likeness (QED) is 0.823. The number of hydrogen-bond donors (Lipinski definition) is 1. The Balaban J connectivity index is 1.86. The molecule has 0 heterocycles. The van der Waals surface area contributed by atoms with Crippen molar-refractivity contribution in [1.29, 1.82) is 0 Å². The Morgan fingerprint density at radius 2 is 2.16 bits per heavy atom. The Bertz CT molecular complexity index is 406. The normalized spacial score (nSPS) is 23.3.